The number of ether oxygens (including phenoxy) is 1. The van der Waals surface area contributed by atoms with Crippen molar-refractivity contribution in [2.45, 2.75) is 44.9 Å². The number of carbonyl (C=O) groups is 1. The van der Waals surface area contributed by atoms with Crippen LogP contribution in [0.25, 0.3) is 5.57 Å². The molecule has 3 rings (SSSR count). The zero-order valence-corrected chi connectivity index (χ0v) is 15.0. The van der Waals surface area contributed by atoms with Gasteiger partial charge >= 0.3 is 5.97 Å². The first-order valence-electron chi connectivity index (χ1n) is 8.89. The Morgan fingerprint density at radius 2 is 2.08 bits per heavy atom. The molecule has 6 N–H and O–H groups in total. The Hall–Kier alpha value is -2.03. The Bertz CT molecular complexity index is 721. The van der Waals surface area contributed by atoms with E-state index in [1.807, 2.05) is 19.9 Å². The van der Waals surface area contributed by atoms with E-state index >= 15 is 0 Å². The average molecular weight is 362 g/mol. The number of aliphatic hydroxyl groups is 2. The number of nitrogens with two attached hydrogens (primary N) is 2. The number of fused-ring (bicyclic) bond motifs is 1. The molecule has 0 amide bonds. The van der Waals surface area contributed by atoms with Crippen LogP contribution in [0.3, 0.4) is 0 Å². The molecule has 1 fully saturated rings. The summed E-state index contributed by atoms with van der Waals surface area (Å²) in [6, 6.07) is -0.696. The molecule has 8 nitrogen and oxygen atoms in total. The molecule has 0 bridgehead atoms. The second-order valence-electron chi connectivity index (χ2n) is 7.43. The Morgan fingerprint density at radius 1 is 1.35 bits per heavy atom. The van der Waals surface area contributed by atoms with Crippen LogP contribution in [-0.2, 0) is 16.0 Å². The molecule has 0 spiro atoms. The summed E-state index contributed by atoms with van der Waals surface area (Å²) in [7, 11) is 0. The zero-order valence-electron chi connectivity index (χ0n) is 15.0. The van der Waals surface area contributed by atoms with E-state index in [0.29, 0.717) is 18.7 Å². The number of nitrogen functional groups attached to an aromatic ring is 1. The van der Waals surface area contributed by atoms with Crippen molar-refractivity contribution in [3.05, 3.63) is 23.7 Å². The summed E-state index contributed by atoms with van der Waals surface area (Å²) in [5.41, 5.74) is 14.1. The van der Waals surface area contributed by atoms with Crippen molar-refractivity contribution in [2.75, 3.05) is 12.3 Å². The van der Waals surface area contributed by atoms with Crippen molar-refractivity contribution in [1.29, 1.82) is 0 Å². The number of esters is 1. The summed E-state index contributed by atoms with van der Waals surface area (Å²) in [5, 5.41) is 20.9. The molecular weight excluding hydrogens is 336 g/mol. The van der Waals surface area contributed by atoms with Gasteiger partial charge in [-0.2, -0.15) is 0 Å². The van der Waals surface area contributed by atoms with Gasteiger partial charge in [-0.1, -0.05) is 19.9 Å². The molecule has 1 aromatic heterocycles. The third-order valence-corrected chi connectivity index (χ3v) is 5.41. The highest BCUT2D eigenvalue weighted by Crippen LogP contribution is 2.43. The second kappa shape index (κ2) is 7.30. The Morgan fingerprint density at radius 3 is 2.77 bits per heavy atom. The van der Waals surface area contributed by atoms with Crippen LogP contribution in [0, 0.1) is 17.8 Å². The molecule has 1 saturated carbocycles. The molecule has 0 aromatic carbocycles. The molecule has 1 heterocycles. The van der Waals surface area contributed by atoms with Crippen LogP contribution in [0.2, 0.25) is 0 Å². The lowest BCUT2D eigenvalue weighted by Crippen LogP contribution is -2.38. The SMILES string of the molecule is CC(C)[C@H](N)C(=O)OC[C@H]1C[C@@H](C2=CCc3c(N)ncnc32)[C@H](O)[C@@H]1O. The Labute approximate surface area is 152 Å². The van der Waals surface area contributed by atoms with Gasteiger partial charge in [0.25, 0.3) is 0 Å². The van der Waals surface area contributed by atoms with E-state index in [1.54, 1.807) is 0 Å². The number of carbonyl (C=O) groups excluding carboxylic acids is 1. The van der Waals surface area contributed by atoms with Crippen LogP contribution >= 0.6 is 0 Å². The molecule has 5 atom stereocenters. The lowest BCUT2D eigenvalue weighted by molar-refractivity contribution is -0.149. The molecule has 2 aliphatic rings. The van der Waals surface area contributed by atoms with Crippen LogP contribution in [0.5, 0.6) is 0 Å². The highest BCUT2D eigenvalue weighted by atomic mass is 16.5. The van der Waals surface area contributed by atoms with Gasteiger partial charge in [-0.05, 0) is 24.3 Å². The van der Waals surface area contributed by atoms with E-state index in [1.165, 1.54) is 6.33 Å². The third kappa shape index (κ3) is 3.32. The highest BCUT2D eigenvalue weighted by molar-refractivity contribution is 5.76. The van der Waals surface area contributed by atoms with Gasteiger partial charge in [-0.3, -0.25) is 4.79 Å². The maximum atomic E-state index is 11.9. The van der Waals surface area contributed by atoms with Gasteiger partial charge in [0, 0.05) is 17.4 Å². The number of aromatic nitrogens is 2. The van der Waals surface area contributed by atoms with Gasteiger partial charge in [0.15, 0.2) is 0 Å². The maximum absolute atomic E-state index is 11.9. The number of hydrogen-bond acceptors (Lipinski definition) is 8. The molecule has 26 heavy (non-hydrogen) atoms. The minimum Gasteiger partial charge on any atom is -0.464 e. The standard InChI is InChI=1S/C18H26N4O4/c1-8(2)13(19)18(25)26-6-9-5-12(16(24)15(9)23)10-3-4-11-14(10)21-7-22-17(11)20/h3,7-9,12-13,15-16,23-24H,4-6,19H2,1-2H3,(H2,20,21,22)/t9-,12+,13+,15-,16+/m1/s1. The van der Waals surface area contributed by atoms with E-state index in [9.17, 15) is 15.0 Å². The quantitative estimate of drug-likeness (QED) is 0.531. The Kier molecular flexibility index (Phi) is 5.27. The van der Waals surface area contributed by atoms with Gasteiger partial charge in [0.1, 0.15) is 18.2 Å². The van der Waals surface area contributed by atoms with E-state index < -0.39 is 24.2 Å². The van der Waals surface area contributed by atoms with Gasteiger partial charge in [-0.15, -0.1) is 0 Å². The van der Waals surface area contributed by atoms with Crippen LogP contribution < -0.4 is 11.5 Å². The number of hydrogen-bond donors (Lipinski definition) is 4. The number of rotatable bonds is 5. The molecular formula is C18H26N4O4. The first-order chi connectivity index (χ1) is 12.3. The van der Waals surface area contributed by atoms with E-state index in [0.717, 1.165) is 16.8 Å². The van der Waals surface area contributed by atoms with E-state index in [2.05, 4.69) is 9.97 Å². The number of anilines is 1. The second-order valence-corrected chi connectivity index (χ2v) is 7.43. The van der Waals surface area contributed by atoms with Crippen LogP contribution in [-0.4, -0.2) is 51.0 Å². The first-order valence-corrected chi connectivity index (χ1v) is 8.89. The minimum absolute atomic E-state index is 0.0278. The fraction of sp³-hybridized carbons (Fsp3) is 0.611. The van der Waals surface area contributed by atoms with Crippen LogP contribution in [0.4, 0.5) is 5.82 Å². The normalized spacial score (nSPS) is 28.8. The monoisotopic (exact) mass is 362 g/mol. The van der Waals surface area contributed by atoms with Crippen LogP contribution in [0.15, 0.2) is 12.4 Å². The topological polar surface area (TPSA) is 145 Å². The number of allylic oxidation sites excluding steroid dienone is 1. The zero-order chi connectivity index (χ0) is 19.0. The Balaban J connectivity index is 1.68. The smallest absolute Gasteiger partial charge is 0.323 e. The average Bonchev–Trinajstić information content (AvgIpc) is 3.15. The van der Waals surface area contributed by atoms with Crippen molar-refractivity contribution in [3.8, 4) is 0 Å². The van der Waals surface area contributed by atoms with Gasteiger partial charge in [0.2, 0.25) is 0 Å². The molecule has 8 heteroatoms. The maximum Gasteiger partial charge on any atom is 0.323 e. The minimum atomic E-state index is -0.979. The molecule has 1 aromatic rings. The van der Waals surface area contributed by atoms with Crippen molar-refractivity contribution in [3.63, 3.8) is 0 Å². The van der Waals surface area contributed by atoms with Crippen LogP contribution in [0.1, 0.15) is 31.5 Å². The lowest BCUT2D eigenvalue weighted by atomic mass is 9.93. The summed E-state index contributed by atoms with van der Waals surface area (Å²) in [4.78, 5) is 20.2. The van der Waals surface area contributed by atoms with Crippen molar-refractivity contribution >= 4 is 17.4 Å². The third-order valence-electron chi connectivity index (χ3n) is 5.41. The van der Waals surface area contributed by atoms with Crippen molar-refractivity contribution in [2.24, 2.45) is 23.5 Å². The summed E-state index contributed by atoms with van der Waals surface area (Å²) < 4.78 is 5.27. The molecule has 0 saturated heterocycles. The summed E-state index contributed by atoms with van der Waals surface area (Å²) in [6.07, 6.45) is 2.54. The van der Waals surface area contributed by atoms with Gasteiger partial charge in [0.05, 0.1) is 24.5 Å². The van der Waals surface area contributed by atoms with Crippen molar-refractivity contribution in [1.82, 2.24) is 9.97 Å². The molecule has 142 valence electrons. The first kappa shape index (κ1) is 18.8. The predicted octanol–water partition coefficient (Wildman–Crippen LogP) is -0.117. The molecule has 0 radical (unpaired) electrons. The van der Waals surface area contributed by atoms with Crippen molar-refractivity contribution < 1.29 is 19.7 Å². The van der Waals surface area contributed by atoms with E-state index in [-0.39, 0.29) is 24.4 Å². The lowest BCUT2D eigenvalue weighted by Gasteiger charge is -2.19. The molecule has 2 aliphatic carbocycles. The number of aliphatic hydroxyl groups excluding tert-OH is 2. The summed E-state index contributed by atoms with van der Waals surface area (Å²) >= 11 is 0. The van der Waals surface area contributed by atoms with Gasteiger partial charge < -0.3 is 26.4 Å². The predicted molar refractivity (Wildman–Crippen MR) is 95.5 cm³/mol. The van der Waals surface area contributed by atoms with Gasteiger partial charge in [-0.25, -0.2) is 9.97 Å². The highest BCUT2D eigenvalue weighted by Gasteiger charge is 2.45. The van der Waals surface area contributed by atoms with E-state index in [4.69, 9.17) is 16.2 Å². The largest absolute Gasteiger partial charge is 0.464 e. The number of nitrogens with zero attached hydrogens (tertiary/aromatic N) is 2. The molecule has 0 unspecified atom stereocenters. The molecule has 0 aliphatic heterocycles. The summed E-state index contributed by atoms with van der Waals surface area (Å²) in [6.45, 7) is 3.71. The fourth-order valence-corrected chi connectivity index (χ4v) is 3.67. The summed E-state index contributed by atoms with van der Waals surface area (Å²) in [5.74, 6) is -0.733. The fourth-order valence-electron chi connectivity index (χ4n) is 3.67.